The quantitative estimate of drug-likeness (QED) is 0.674. The second-order valence-electron chi connectivity index (χ2n) is 5.05. The second-order valence-corrected chi connectivity index (χ2v) is 5.05. The summed E-state index contributed by atoms with van der Waals surface area (Å²) in [6.07, 6.45) is 0.489. The highest BCUT2D eigenvalue weighted by atomic mass is 16.5. The molecule has 0 aromatic carbocycles. The Labute approximate surface area is 98.5 Å². The van der Waals surface area contributed by atoms with Gasteiger partial charge < -0.3 is 9.64 Å². The van der Waals surface area contributed by atoms with E-state index in [2.05, 4.69) is 37.6 Å². The van der Waals surface area contributed by atoms with E-state index < -0.39 is 0 Å². The average molecular weight is 228 g/mol. The van der Waals surface area contributed by atoms with Crippen molar-refractivity contribution in [1.29, 1.82) is 0 Å². The van der Waals surface area contributed by atoms with Gasteiger partial charge in [-0.05, 0) is 27.8 Å². The van der Waals surface area contributed by atoms with Crippen LogP contribution < -0.4 is 0 Å². The highest BCUT2D eigenvalue weighted by molar-refractivity contribution is 5.70. The first-order chi connectivity index (χ1) is 7.45. The molecular formula is C12H24N2O2. The lowest BCUT2D eigenvalue weighted by molar-refractivity contribution is -0.143. The third-order valence-corrected chi connectivity index (χ3v) is 3.26. The van der Waals surface area contributed by atoms with Gasteiger partial charge >= 0.3 is 5.97 Å². The zero-order chi connectivity index (χ0) is 12.3. The number of carbonyl (C=O) groups excluding carboxylic acids is 1. The molecule has 1 rings (SSSR count). The van der Waals surface area contributed by atoms with E-state index >= 15 is 0 Å². The standard InChI is InChI=1S/C12H24N2O2/c1-9(2)14-10(3)7-13(4)8-11(14)6-12(15)16-5/h9-11H,6-8H2,1-5H3. The lowest BCUT2D eigenvalue weighted by Gasteiger charge is -2.46. The van der Waals surface area contributed by atoms with Crippen LogP contribution in [0.1, 0.15) is 27.2 Å². The molecule has 0 N–H and O–H groups in total. The molecule has 0 saturated carbocycles. The molecule has 0 bridgehead atoms. The molecule has 0 aliphatic carbocycles. The van der Waals surface area contributed by atoms with Crippen molar-refractivity contribution in [2.75, 3.05) is 27.2 Å². The topological polar surface area (TPSA) is 32.8 Å². The molecule has 0 radical (unpaired) electrons. The summed E-state index contributed by atoms with van der Waals surface area (Å²) in [7, 11) is 3.57. The van der Waals surface area contributed by atoms with Gasteiger partial charge in [0.25, 0.3) is 0 Å². The molecule has 1 fully saturated rings. The first-order valence-corrected chi connectivity index (χ1v) is 5.98. The Morgan fingerprint density at radius 3 is 2.56 bits per heavy atom. The monoisotopic (exact) mass is 228 g/mol. The van der Waals surface area contributed by atoms with E-state index in [9.17, 15) is 4.79 Å². The number of hydrogen-bond acceptors (Lipinski definition) is 4. The minimum absolute atomic E-state index is 0.113. The van der Waals surface area contributed by atoms with E-state index in [4.69, 9.17) is 4.74 Å². The molecule has 1 heterocycles. The van der Waals surface area contributed by atoms with E-state index in [0.717, 1.165) is 13.1 Å². The largest absolute Gasteiger partial charge is 0.469 e. The van der Waals surface area contributed by atoms with Crippen LogP contribution in [0.2, 0.25) is 0 Å². The van der Waals surface area contributed by atoms with E-state index in [1.165, 1.54) is 7.11 Å². The molecule has 2 unspecified atom stereocenters. The van der Waals surface area contributed by atoms with Crippen LogP contribution >= 0.6 is 0 Å². The van der Waals surface area contributed by atoms with Crippen LogP contribution in [0.4, 0.5) is 0 Å². The smallest absolute Gasteiger partial charge is 0.307 e. The Hall–Kier alpha value is -0.610. The molecule has 0 amide bonds. The van der Waals surface area contributed by atoms with E-state index in [-0.39, 0.29) is 12.0 Å². The van der Waals surface area contributed by atoms with E-state index in [1.54, 1.807) is 0 Å². The maximum atomic E-state index is 11.4. The van der Waals surface area contributed by atoms with Gasteiger partial charge in [0.1, 0.15) is 0 Å². The normalized spacial score (nSPS) is 28.4. The Balaban J connectivity index is 2.71. The van der Waals surface area contributed by atoms with Crippen LogP contribution in [0, 0.1) is 0 Å². The fraction of sp³-hybridized carbons (Fsp3) is 0.917. The minimum Gasteiger partial charge on any atom is -0.469 e. The first-order valence-electron chi connectivity index (χ1n) is 5.98. The highest BCUT2D eigenvalue weighted by Gasteiger charge is 2.33. The SMILES string of the molecule is COC(=O)CC1CN(C)CC(C)N1C(C)C. The lowest BCUT2D eigenvalue weighted by atomic mass is 10.0. The van der Waals surface area contributed by atoms with Gasteiger partial charge in [0.05, 0.1) is 13.5 Å². The molecule has 4 nitrogen and oxygen atoms in total. The summed E-state index contributed by atoms with van der Waals surface area (Å²) in [6, 6.07) is 1.24. The molecule has 94 valence electrons. The summed E-state index contributed by atoms with van der Waals surface area (Å²) in [5.74, 6) is -0.113. The van der Waals surface area contributed by atoms with Crippen molar-refractivity contribution >= 4 is 5.97 Å². The zero-order valence-electron chi connectivity index (χ0n) is 11.1. The fourth-order valence-corrected chi connectivity index (χ4v) is 2.81. The number of hydrogen-bond donors (Lipinski definition) is 0. The van der Waals surface area contributed by atoms with E-state index in [0.29, 0.717) is 18.5 Å². The van der Waals surface area contributed by atoms with Crippen LogP contribution in [0.15, 0.2) is 0 Å². The van der Waals surface area contributed by atoms with Gasteiger partial charge in [-0.2, -0.15) is 0 Å². The number of rotatable bonds is 3. The summed E-state index contributed by atoms with van der Waals surface area (Å²) >= 11 is 0. The number of methoxy groups -OCH3 is 1. The van der Waals surface area contributed by atoms with Crippen LogP contribution in [-0.2, 0) is 9.53 Å². The zero-order valence-corrected chi connectivity index (χ0v) is 11.1. The molecule has 1 aliphatic heterocycles. The molecule has 1 saturated heterocycles. The van der Waals surface area contributed by atoms with Gasteiger partial charge in [0.15, 0.2) is 0 Å². The second kappa shape index (κ2) is 5.64. The Bertz CT molecular complexity index is 243. The fourth-order valence-electron chi connectivity index (χ4n) is 2.81. The predicted octanol–water partition coefficient (Wildman–Crippen LogP) is 0.962. The highest BCUT2D eigenvalue weighted by Crippen LogP contribution is 2.20. The van der Waals surface area contributed by atoms with Gasteiger partial charge in [-0.3, -0.25) is 9.69 Å². The maximum Gasteiger partial charge on any atom is 0.307 e. The number of nitrogens with zero attached hydrogens (tertiary/aromatic N) is 2. The first kappa shape index (κ1) is 13.5. The van der Waals surface area contributed by atoms with Crippen molar-refractivity contribution < 1.29 is 9.53 Å². The number of ether oxygens (including phenoxy) is 1. The molecule has 1 aliphatic rings. The summed E-state index contributed by atoms with van der Waals surface area (Å²) in [6.45, 7) is 8.60. The molecule has 4 heteroatoms. The van der Waals surface area contributed by atoms with Gasteiger partial charge in [0.2, 0.25) is 0 Å². The third kappa shape index (κ3) is 3.19. The summed E-state index contributed by atoms with van der Waals surface area (Å²) in [5, 5.41) is 0. The van der Waals surface area contributed by atoms with Crippen molar-refractivity contribution in [2.24, 2.45) is 0 Å². The van der Waals surface area contributed by atoms with Crippen LogP contribution in [-0.4, -0.2) is 61.1 Å². The van der Waals surface area contributed by atoms with Gasteiger partial charge in [-0.25, -0.2) is 0 Å². The molecule has 0 aromatic rings. The molecule has 16 heavy (non-hydrogen) atoms. The summed E-state index contributed by atoms with van der Waals surface area (Å²) in [4.78, 5) is 16.1. The summed E-state index contributed by atoms with van der Waals surface area (Å²) in [5.41, 5.74) is 0. The predicted molar refractivity (Wildman–Crippen MR) is 64.4 cm³/mol. The summed E-state index contributed by atoms with van der Waals surface area (Å²) < 4.78 is 4.77. The van der Waals surface area contributed by atoms with Crippen molar-refractivity contribution in [2.45, 2.75) is 45.3 Å². The maximum absolute atomic E-state index is 11.4. The van der Waals surface area contributed by atoms with Crippen LogP contribution in [0.3, 0.4) is 0 Å². The lowest BCUT2D eigenvalue weighted by Crippen LogP contribution is -2.59. The average Bonchev–Trinajstić information content (AvgIpc) is 2.15. The van der Waals surface area contributed by atoms with Crippen molar-refractivity contribution in [3.05, 3.63) is 0 Å². The van der Waals surface area contributed by atoms with Gasteiger partial charge in [-0.15, -0.1) is 0 Å². The van der Waals surface area contributed by atoms with E-state index in [1.807, 2.05) is 0 Å². The Kier molecular flexibility index (Phi) is 4.74. The van der Waals surface area contributed by atoms with Crippen molar-refractivity contribution in [3.63, 3.8) is 0 Å². The molecular weight excluding hydrogens is 204 g/mol. The number of carbonyl (C=O) groups is 1. The Morgan fingerprint density at radius 1 is 1.44 bits per heavy atom. The number of piperazine rings is 1. The minimum atomic E-state index is -0.113. The van der Waals surface area contributed by atoms with Crippen LogP contribution in [0.5, 0.6) is 0 Å². The molecule has 0 aromatic heterocycles. The molecule has 0 spiro atoms. The van der Waals surface area contributed by atoms with Gasteiger partial charge in [-0.1, -0.05) is 0 Å². The third-order valence-electron chi connectivity index (χ3n) is 3.26. The van der Waals surface area contributed by atoms with Crippen molar-refractivity contribution in [3.8, 4) is 0 Å². The Morgan fingerprint density at radius 2 is 2.06 bits per heavy atom. The van der Waals surface area contributed by atoms with Crippen LogP contribution in [0.25, 0.3) is 0 Å². The van der Waals surface area contributed by atoms with Gasteiger partial charge in [0, 0.05) is 31.2 Å². The number of esters is 1. The van der Waals surface area contributed by atoms with Crippen molar-refractivity contribution in [1.82, 2.24) is 9.80 Å². The number of likely N-dealkylation sites (N-methyl/N-ethyl adjacent to an activating group) is 1. The molecule has 2 atom stereocenters.